The number of rotatable bonds is 6. The normalized spacial score (nSPS) is 16.1. The third-order valence-corrected chi connectivity index (χ3v) is 9.77. The van der Waals surface area contributed by atoms with Crippen LogP contribution in [0.4, 0.5) is 0 Å². The molecule has 3 aromatic heterocycles. The summed E-state index contributed by atoms with van der Waals surface area (Å²) in [6.07, 6.45) is 2.23. The van der Waals surface area contributed by atoms with Crippen LogP contribution in [-0.4, -0.2) is 47.4 Å². The number of hydrogen-bond donors (Lipinski definition) is 3. The molecule has 0 saturated carbocycles. The average molecular weight is 670 g/mol. The minimum Gasteiger partial charge on any atom is -0.507 e. The van der Waals surface area contributed by atoms with Crippen molar-refractivity contribution in [2.75, 3.05) is 7.11 Å². The van der Waals surface area contributed by atoms with E-state index in [4.69, 9.17) is 14.5 Å². The number of nitrogens with zero attached hydrogens (tertiary/aromatic N) is 4. The van der Waals surface area contributed by atoms with Gasteiger partial charge in [0, 0.05) is 18.2 Å². The molecule has 0 bridgehead atoms. The van der Waals surface area contributed by atoms with Gasteiger partial charge in [0.1, 0.15) is 39.8 Å². The number of allylic oxidation sites excluding steroid dienone is 1. The molecule has 0 amide bonds. The Kier molecular flexibility index (Phi) is 6.83. The van der Waals surface area contributed by atoms with E-state index in [1.165, 1.54) is 17.6 Å². The fourth-order valence-corrected chi connectivity index (χ4v) is 7.01. The Balaban J connectivity index is 1.30. The summed E-state index contributed by atoms with van der Waals surface area (Å²) in [4.78, 5) is 47.7. The highest BCUT2D eigenvalue weighted by atomic mass is 16.5. The average Bonchev–Trinajstić information content (AvgIpc) is 3.61. The Morgan fingerprint density at radius 3 is 2.40 bits per heavy atom. The first-order valence-corrected chi connectivity index (χ1v) is 16.0. The molecule has 1 aliphatic heterocycles. The maximum atomic E-state index is 14.6. The van der Waals surface area contributed by atoms with Crippen LogP contribution < -0.4 is 20.7 Å². The Morgan fingerprint density at radius 1 is 0.940 bits per heavy atom. The lowest BCUT2D eigenvalue weighted by atomic mass is 9.71. The van der Waals surface area contributed by atoms with Crippen LogP contribution in [0.15, 0.2) is 82.1 Å². The molecule has 12 nitrogen and oxygen atoms in total. The number of ketones is 1. The van der Waals surface area contributed by atoms with Gasteiger partial charge in [0.15, 0.2) is 5.78 Å². The van der Waals surface area contributed by atoms with Crippen LogP contribution in [0.3, 0.4) is 0 Å². The number of pyridine rings is 1. The first kappa shape index (κ1) is 30.9. The summed E-state index contributed by atoms with van der Waals surface area (Å²) < 4.78 is 14.8. The molecule has 8 rings (SSSR count). The number of H-pyrrole nitrogens is 1. The molecule has 1 aliphatic carbocycles. The van der Waals surface area contributed by atoms with Gasteiger partial charge in [-0.25, -0.2) is 14.5 Å². The third-order valence-electron chi connectivity index (χ3n) is 9.77. The number of benzene rings is 3. The van der Waals surface area contributed by atoms with E-state index >= 15 is 0 Å². The number of carbonyl (C=O) groups excluding carboxylic acids is 1. The highest BCUT2D eigenvalue weighted by molar-refractivity contribution is 6.14. The molecular formula is C38H31N5O7. The fraction of sp³-hybridized carbons (Fsp3) is 0.184. The SMILES string of the molecule is COc1ccc(-n2nc(C)c3c2C=C2Oc4c(-c5ccc6c(=O)[nH]c(=O)n(CCc7ccccc7)c6n5)c(O)c(C)c(O)c4[C@@]2(C)C3=O)cc1. The van der Waals surface area contributed by atoms with Crippen molar-refractivity contribution in [1.29, 1.82) is 0 Å². The van der Waals surface area contributed by atoms with Gasteiger partial charge >= 0.3 is 5.69 Å². The number of methoxy groups -OCH3 is 1. The topological polar surface area (TPSA) is 162 Å². The number of hydrogen-bond acceptors (Lipinski definition) is 9. The molecule has 50 heavy (non-hydrogen) atoms. The zero-order valence-electron chi connectivity index (χ0n) is 27.6. The number of phenols is 2. The predicted octanol–water partition coefficient (Wildman–Crippen LogP) is 5.10. The number of Topliss-reactive ketones (excluding diaryl/α,β-unsaturated/α-hetero) is 1. The molecule has 0 saturated heterocycles. The van der Waals surface area contributed by atoms with Crippen LogP contribution >= 0.6 is 0 Å². The smallest absolute Gasteiger partial charge is 0.330 e. The second kappa shape index (κ2) is 11.1. The lowest BCUT2D eigenvalue weighted by Crippen LogP contribution is -2.36. The molecule has 0 spiro atoms. The van der Waals surface area contributed by atoms with Crippen molar-refractivity contribution >= 4 is 22.9 Å². The molecule has 6 aromatic rings. The molecule has 3 aromatic carbocycles. The molecule has 0 radical (unpaired) electrons. The van der Waals surface area contributed by atoms with E-state index in [9.17, 15) is 24.6 Å². The summed E-state index contributed by atoms with van der Waals surface area (Å²) in [7, 11) is 1.58. The maximum Gasteiger partial charge on any atom is 0.330 e. The van der Waals surface area contributed by atoms with E-state index in [1.807, 2.05) is 42.5 Å². The Hall–Kier alpha value is -6.43. The lowest BCUT2D eigenvalue weighted by molar-refractivity contribution is 0.0905. The monoisotopic (exact) mass is 669 g/mol. The van der Waals surface area contributed by atoms with Crippen LogP contribution in [0.5, 0.6) is 23.0 Å². The van der Waals surface area contributed by atoms with Gasteiger partial charge in [0.05, 0.1) is 52.0 Å². The first-order valence-electron chi connectivity index (χ1n) is 16.0. The maximum absolute atomic E-state index is 14.6. The van der Waals surface area contributed by atoms with Gasteiger partial charge in [-0.3, -0.25) is 19.1 Å². The summed E-state index contributed by atoms with van der Waals surface area (Å²) >= 11 is 0. The van der Waals surface area contributed by atoms with Crippen molar-refractivity contribution in [2.45, 2.75) is 39.2 Å². The van der Waals surface area contributed by atoms with Gasteiger partial charge in [-0.1, -0.05) is 30.3 Å². The number of aromatic nitrogens is 5. The molecular weight excluding hydrogens is 638 g/mol. The summed E-state index contributed by atoms with van der Waals surface area (Å²) in [5, 5.41) is 28.0. The minimum atomic E-state index is -1.47. The third kappa shape index (κ3) is 4.34. The number of phenolic OH excluding ortho intramolecular Hbond substituents is 2. The zero-order valence-corrected chi connectivity index (χ0v) is 27.6. The number of carbonyl (C=O) groups is 1. The van der Waals surface area contributed by atoms with E-state index in [2.05, 4.69) is 10.1 Å². The van der Waals surface area contributed by atoms with Crippen LogP contribution in [0, 0.1) is 13.8 Å². The molecule has 0 fully saturated rings. The van der Waals surface area contributed by atoms with Crippen LogP contribution in [0.2, 0.25) is 0 Å². The van der Waals surface area contributed by atoms with Crippen molar-refractivity contribution in [1.82, 2.24) is 24.3 Å². The van der Waals surface area contributed by atoms with E-state index in [1.54, 1.807) is 49.9 Å². The summed E-state index contributed by atoms with van der Waals surface area (Å²) in [6.45, 7) is 5.19. The number of fused-ring (bicyclic) bond motifs is 5. The van der Waals surface area contributed by atoms with Gasteiger partial charge in [-0.05, 0) is 69.2 Å². The summed E-state index contributed by atoms with van der Waals surface area (Å²) in [5.74, 6) is 0.0136. The van der Waals surface area contributed by atoms with Crippen molar-refractivity contribution < 1.29 is 24.5 Å². The van der Waals surface area contributed by atoms with Crippen molar-refractivity contribution in [3.8, 4) is 39.9 Å². The second-order valence-electron chi connectivity index (χ2n) is 12.6. The summed E-state index contributed by atoms with van der Waals surface area (Å²) in [5.41, 5.74) is 1.08. The van der Waals surface area contributed by atoms with Gasteiger partial charge in [0.2, 0.25) is 0 Å². The number of ether oxygens (including phenoxy) is 2. The molecule has 1 atom stereocenters. The quantitative estimate of drug-likeness (QED) is 0.219. The number of aromatic hydroxyl groups is 2. The van der Waals surface area contributed by atoms with E-state index < -0.39 is 16.7 Å². The second-order valence-corrected chi connectivity index (χ2v) is 12.6. The zero-order chi connectivity index (χ0) is 35.1. The molecule has 0 unspecified atom stereocenters. The Bertz CT molecular complexity index is 2560. The predicted molar refractivity (Wildman–Crippen MR) is 185 cm³/mol. The molecule has 250 valence electrons. The summed E-state index contributed by atoms with van der Waals surface area (Å²) in [6, 6.07) is 19.9. The van der Waals surface area contributed by atoms with Gasteiger partial charge in [-0.2, -0.15) is 5.10 Å². The lowest BCUT2D eigenvalue weighted by Gasteiger charge is -2.27. The number of nitrogens with one attached hydrogen (secondary N) is 1. The van der Waals surface area contributed by atoms with Crippen molar-refractivity contribution in [3.05, 3.63) is 127 Å². The fourth-order valence-electron chi connectivity index (χ4n) is 7.01. The van der Waals surface area contributed by atoms with E-state index in [-0.39, 0.29) is 68.8 Å². The molecule has 4 heterocycles. The largest absolute Gasteiger partial charge is 0.507 e. The Morgan fingerprint density at radius 2 is 1.68 bits per heavy atom. The first-order chi connectivity index (χ1) is 24.0. The van der Waals surface area contributed by atoms with E-state index in [0.717, 1.165) is 5.56 Å². The Labute approximate surface area is 284 Å². The van der Waals surface area contributed by atoms with Crippen molar-refractivity contribution in [2.24, 2.45) is 0 Å². The molecule has 12 heteroatoms. The minimum absolute atomic E-state index is 0.0503. The molecule has 3 N–H and O–H groups in total. The highest BCUT2D eigenvalue weighted by Gasteiger charge is 2.55. The van der Waals surface area contributed by atoms with Gasteiger partial charge < -0.3 is 19.7 Å². The van der Waals surface area contributed by atoms with Crippen LogP contribution in [0.1, 0.15) is 45.4 Å². The number of aromatic amines is 1. The molecule has 2 aliphatic rings. The van der Waals surface area contributed by atoms with Crippen LogP contribution in [-0.2, 0) is 18.4 Å². The standard InChI is InChI=1S/C38H31N5O7/c1-19-31(44)29(25-15-14-24-35(39-25)42(37(48)40-36(24)47)17-16-21-8-6-5-7-9-21)33-30(32(19)45)38(3)27(50-33)18-26-28(34(38)46)20(2)41-43(26)22-10-12-23(49-4)13-11-22/h5-15,18,44-45H,16-17H2,1-4H3,(H,40,47,48)/t38-/m0/s1. The van der Waals surface area contributed by atoms with Gasteiger partial charge in [-0.15, -0.1) is 0 Å². The van der Waals surface area contributed by atoms with Crippen LogP contribution in [0.25, 0.3) is 34.1 Å². The highest BCUT2D eigenvalue weighted by Crippen LogP contribution is 2.60. The van der Waals surface area contributed by atoms with Crippen molar-refractivity contribution in [3.63, 3.8) is 0 Å². The van der Waals surface area contributed by atoms with E-state index in [0.29, 0.717) is 34.8 Å². The number of aryl methyl sites for hydroxylation is 3. The van der Waals surface area contributed by atoms with Gasteiger partial charge in [0.25, 0.3) is 5.56 Å².